The van der Waals surface area contributed by atoms with Crippen molar-refractivity contribution < 1.29 is 40.6 Å². The van der Waals surface area contributed by atoms with Gasteiger partial charge < -0.3 is 15.2 Å². The minimum absolute atomic E-state index is 0. The van der Waals surface area contributed by atoms with Crippen molar-refractivity contribution in [2.45, 2.75) is 47.8 Å². The van der Waals surface area contributed by atoms with Crippen molar-refractivity contribution >= 4 is 113 Å². The Morgan fingerprint density at radius 3 is 2.04 bits per heavy atom. The first-order chi connectivity index (χ1) is 23.4. The smallest absolute Gasteiger partial charge is 0.296 e. The number of carbonyl (C=O) groups excluding carboxylic acids is 1. The molecular weight excluding hydrogens is 717 g/mol. The number of carbonyl (C=O) groups is 1. The molecule has 1 saturated carbocycles. The van der Waals surface area contributed by atoms with Crippen LogP contribution in [0.3, 0.4) is 0 Å². The summed E-state index contributed by atoms with van der Waals surface area (Å²) in [6.07, 6.45) is 5.54. The number of benzene rings is 5. The third-order valence-electron chi connectivity index (χ3n) is 8.29. The molecule has 12 nitrogen and oxygen atoms in total. The Morgan fingerprint density at radius 1 is 0.745 bits per heavy atom. The largest absolute Gasteiger partial charge is 0.505 e. The first-order valence-electron chi connectivity index (χ1n) is 15.3. The molecule has 2 radical (unpaired) electrons. The molecule has 0 bridgehead atoms. The molecule has 6 rings (SSSR count). The van der Waals surface area contributed by atoms with Crippen molar-refractivity contribution in [1.82, 2.24) is 0 Å². The Hall–Kier alpha value is -3.15. The van der Waals surface area contributed by atoms with Crippen molar-refractivity contribution in [3.8, 4) is 17.2 Å². The number of ether oxygens (including phenoxy) is 1. The van der Waals surface area contributed by atoms with Gasteiger partial charge in [-0.15, -0.1) is 10.2 Å². The van der Waals surface area contributed by atoms with E-state index < -0.39 is 47.4 Å². The van der Waals surface area contributed by atoms with Crippen molar-refractivity contribution in [2.24, 2.45) is 10.2 Å². The number of hydrogen-bond acceptors (Lipinski definition) is 9. The van der Waals surface area contributed by atoms with E-state index in [1.54, 1.807) is 42.5 Å². The monoisotopic (exact) mass is 747 g/mol. The van der Waals surface area contributed by atoms with E-state index in [1.165, 1.54) is 18.6 Å². The summed E-state index contributed by atoms with van der Waals surface area (Å²) in [4.78, 5) is 11.5. The second-order valence-electron chi connectivity index (χ2n) is 11.6. The van der Waals surface area contributed by atoms with Crippen molar-refractivity contribution in [3.05, 3.63) is 108 Å². The van der Waals surface area contributed by atoms with Crippen LogP contribution in [0.5, 0.6) is 17.2 Å². The van der Waals surface area contributed by atoms with E-state index in [2.05, 4.69) is 15.5 Å². The van der Waals surface area contributed by atoms with Gasteiger partial charge in [-0.3, -0.25) is 13.9 Å². The Labute approximate surface area is 339 Å². The SMILES string of the molecule is O=C(Nc1cc(S(=O)(=O)O)cc2cc(S(=O)(=O)O)c(N=Nc3ccccc3Oc3ccccc3C3CCCCC3)c(O)c12)c1ccccc1.[Na].[Na]. The normalized spacial score (nSPS) is 13.7. The molecule has 4 N–H and O–H groups in total. The van der Waals surface area contributed by atoms with Gasteiger partial charge in [0, 0.05) is 70.1 Å². The van der Waals surface area contributed by atoms with Crippen LogP contribution >= 0.6 is 0 Å². The minimum Gasteiger partial charge on any atom is -0.505 e. The molecule has 254 valence electrons. The van der Waals surface area contributed by atoms with E-state index in [-0.39, 0.29) is 92.6 Å². The molecule has 0 heterocycles. The molecule has 0 unspecified atom stereocenters. The zero-order valence-corrected chi connectivity index (χ0v) is 33.5. The zero-order chi connectivity index (χ0) is 34.8. The van der Waals surface area contributed by atoms with Gasteiger partial charge in [-0.25, -0.2) is 0 Å². The maximum atomic E-state index is 13.1. The standard InChI is InChI=1S/C35H31N3O9S2.2Na/c39-34-32-24(19-25(48(41,42)43)21-28(32)36-35(40)23-13-5-2-6-14-23)20-31(49(44,45)46)33(34)38-37-27-16-8-10-18-30(27)47-29-17-9-7-15-26(29)22-11-3-1-4-12-22;;/h2,5-10,13-22,39H,1,3-4,11-12H2,(H,36,40)(H,41,42,43)(H,44,45,46);;. The molecule has 0 aliphatic heterocycles. The molecule has 1 fully saturated rings. The van der Waals surface area contributed by atoms with E-state index in [4.69, 9.17) is 4.74 Å². The zero-order valence-electron chi connectivity index (χ0n) is 27.9. The maximum absolute atomic E-state index is 13.1. The number of phenols is 1. The van der Waals surface area contributed by atoms with Gasteiger partial charge in [0.05, 0.1) is 10.6 Å². The summed E-state index contributed by atoms with van der Waals surface area (Å²) in [6, 6.07) is 24.8. The van der Waals surface area contributed by atoms with Gasteiger partial charge in [0.2, 0.25) is 0 Å². The second kappa shape index (κ2) is 17.1. The van der Waals surface area contributed by atoms with E-state index in [0.717, 1.165) is 49.4 Å². The van der Waals surface area contributed by atoms with Crippen LogP contribution in [0.25, 0.3) is 10.8 Å². The molecule has 0 aromatic heterocycles. The number of nitrogens with one attached hydrogen (secondary N) is 1. The Morgan fingerprint density at radius 2 is 1.37 bits per heavy atom. The molecule has 1 aliphatic rings. The Bertz CT molecular complexity index is 2320. The van der Waals surface area contributed by atoms with Gasteiger partial charge in [-0.05, 0) is 78.2 Å². The predicted molar refractivity (Wildman–Crippen MR) is 194 cm³/mol. The molecule has 5 aromatic rings. The van der Waals surface area contributed by atoms with Gasteiger partial charge in [0.25, 0.3) is 26.1 Å². The van der Waals surface area contributed by atoms with Crippen LogP contribution < -0.4 is 10.1 Å². The summed E-state index contributed by atoms with van der Waals surface area (Å²) in [7, 11) is -9.98. The Balaban J connectivity index is 0.00000292. The van der Waals surface area contributed by atoms with E-state index in [1.807, 2.05) is 24.3 Å². The number of rotatable bonds is 9. The molecule has 16 heteroatoms. The van der Waals surface area contributed by atoms with E-state index in [0.29, 0.717) is 11.7 Å². The summed E-state index contributed by atoms with van der Waals surface area (Å²) < 4.78 is 75.6. The average molecular weight is 748 g/mol. The number of aromatic hydroxyl groups is 1. The van der Waals surface area contributed by atoms with Gasteiger partial charge in [-0.1, -0.05) is 67.8 Å². The van der Waals surface area contributed by atoms with Gasteiger partial charge in [0.1, 0.15) is 22.0 Å². The molecule has 0 spiro atoms. The third-order valence-corrected chi connectivity index (χ3v) is 9.99. The number of amides is 1. The number of anilines is 1. The number of azo groups is 1. The molecule has 5 aromatic carbocycles. The van der Waals surface area contributed by atoms with Crippen LogP contribution in [0.1, 0.15) is 53.9 Å². The Kier molecular flexibility index (Phi) is 13.6. The molecule has 0 atom stereocenters. The summed E-state index contributed by atoms with van der Waals surface area (Å²) in [5.41, 5.74) is 0.425. The summed E-state index contributed by atoms with van der Waals surface area (Å²) in [5.74, 6) is -0.284. The van der Waals surface area contributed by atoms with Crippen molar-refractivity contribution in [2.75, 3.05) is 5.32 Å². The number of fused-ring (bicyclic) bond motifs is 1. The quantitative estimate of drug-likeness (QED) is 0.0662. The fourth-order valence-corrected chi connectivity index (χ4v) is 7.16. The van der Waals surface area contributed by atoms with E-state index in [9.17, 15) is 35.8 Å². The number of nitrogens with zero attached hydrogens (tertiary/aromatic N) is 2. The van der Waals surface area contributed by atoms with E-state index >= 15 is 0 Å². The van der Waals surface area contributed by atoms with Crippen LogP contribution in [-0.2, 0) is 20.2 Å². The average Bonchev–Trinajstić information content (AvgIpc) is 3.08. The van der Waals surface area contributed by atoms with Gasteiger partial charge in [-0.2, -0.15) is 16.8 Å². The first kappa shape index (κ1) is 40.6. The summed E-state index contributed by atoms with van der Waals surface area (Å²) in [6.45, 7) is 0. The molecule has 0 saturated heterocycles. The van der Waals surface area contributed by atoms with Crippen molar-refractivity contribution in [3.63, 3.8) is 0 Å². The second-order valence-corrected chi connectivity index (χ2v) is 14.4. The first-order valence-corrected chi connectivity index (χ1v) is 18.2. The van der Waals surface area contributed by atoms with Gasteiger partial charge >= 0.3 is 0 Å². The predicted octanol–water partition coefficient (Wildman–Crippen LogP) is 7.78. The van der Waals surface area contributed by atoms with Crippen LogP contribution in [0.15, 0.2) is 117 Å². The fourth-order valence-electron chi connectivity index (χ4n) is 5.96. The molecule has 1 aliphatic carbocycles. The number of para-hydroxylation sites is 2. The maximum Gasteiger partial charge on any atom is 0.296 e. The number of hydrogen-bond donors (Lipinski definition) is 4. The van der Waals surface area contributed by atoms with Crippen LogP contribution in [0, 0.1) is 0 Å². The molecular formula is C35H31N3Na2O9S2. The number of phenolic OH excluding ortho intramolecular Hbond substituents is 1. The van der Waals surface area contributed by atoms with Crippen LogP contribution in [-0.4, -0.2) is 96.1 Å². The summed E-state index contributed by atoms with van der Waals surface area (Å²) >= 11 is 0. The topological polar surface area (TPSA) is 192 Å². The van der Waals surface area contributed by atoms with Crippen LogP contribution in [0.4, 0.5) is 17.1 Å². The molecule has 51 heavy (non-hydrogen) atoms. The van der Waals surface area contributed by atoms with Crippen molar-refractivity contribution in [1.29, 1.82) is 0 Å². The van der Waals surface area contributed by atoms with Crippen LogP contribution in [0.2, 0.25) is 0 Å². The minimum atomic E-state index is -5.10. The third kappa shape index (κ3) is 9.45. The molecule has 1 amide bonds. The fraction of sp³-hybridized carbons (Fsp3) is 0.171. The van der Waals surface area contributed by atoms with Gasteiger partial charge in [0.15, 0.2) is 11.5 Å². The summed E-state index contributed by atoms with van der Waals surface area (Å²) in [5, 5.41) is 21.7.